The van der Waals surface area contributed by atoms with E-state index in [1.807, 2.05) is 29.2 Å². The lowest BCUT2D eigenvalue weighted by Gasteiger charge is -2.37. The normalized spacial score (nSPS) is 28.0. The van der Waals surface area contributed by atoms with Gasteiger partial charge in [0.1, 0.15) is 11.9 Å². The summed E-state index contributed by atoms with van der Waals surface area (Å²) in [6, 6.07) is 7.23. The number of carbonyl (C=O) groups excluding carboxylic acids is 2. The number of ether oxygens (including phenoxy) is 2. The van der Waals surface area contributed by atoms with E-state index in [-0.39, 0.29) is 29.5 Å². The zero-order chi connectivity index (χ0) is 22.1. The van der Waals surface area contributed by atoms with Crippen molar-refractivity contribution in [3.05, 3.63) is 41.2 Å². The van der Waals surface area contributed by atoms with Gasteiger partial charge in [-0.25, -0.2) is 0 Å². The molecule has 2 heterocycles. The summed E-state index contributed by atoms with van der Waals surface area (Å²) >= 11 is 0. The van der Waals surface area contributed by atoms with E-state index in [0.29, 0.717) is 23.8 Å². The molecule has 0 aromatic heterocycles. The molecule has 0 spiro atoms. The Kier molecular flexibility index (Phi) is 6.37. The minimum absolute atomic E-state index is 0.0902. The molecule has 6 nitrogen and oxygen atoms in total. The molecule has 1 amide bonds. The van der Waals surface area contributed by atoms with Crippen LogP contribution in [0.1, 0.15) is 51.6 Å². The van der Waals surface area contributed by atoms with Crippen LogP contribution in [0, 0.1) is 11.8 Å². The van der Waals surface area contributed by atoms with Gasteiger partial charge in [-0.15, -0.1) is 0 Å². The summed E-state index contributed by atoms with van der Waals surface area (Å²) in [5.41, 5.74) is 1.38. The maximum absolute atomic E-state index is 13.7. The third kappa shape index (κ3) is 3.86. The van der Waals surface area contributed by atoms with Gasteiger partial charge in [-0.05, 0) is 44.3 Å². The highest BCUT2D eigenvalue weighted by Crippen LogP contribution is 2.48. The quantitative estimate of drug-likeness (QED) is 0.667. The van der Waals surface area contributed by atoms with E-state index in [0.717, 1.165) is 44.5 Å². The van der Waals surface area contributed by atoms with Gasteiger partial charge in [-0.3, -0.25) is 9.59 Å². The van der Waals surface area contributed by atoms with Crippen molar-refractivity contribution < 1.29 is 19.1 Å². The summed E-state index contributed by atoms with van der Waals surface area (Å²) < 4.78 is 11.9. The molecule has 1 saturated carbocycles. The Morgan fingerprint density at radius 2 is 1.90 bits per heavy atom. The molecule has 0 radical (unpaired) electrons. The Hall–Kier alpha value is -2.34. The van der Waals surface area contributed by atoms with Crippen molar-refractivity contribution in [2.24, 2.45) is 11.8 Å². The van der Waals surface area contributed by atoms with Crippen LogP contribution in [0.5, 0.6) is 5.75 Å². The van der Waals surface area contributed by atoms with E-state index >= 15 is 0 Å². The first-order valence-corrected chi connectivity index (χ1v) is 11.6. The molecule has 4 atom stereocenters. The van der Waals surface area contributed by atoms with Gasteiger partial charge in [0.15, 0.2) is 11.5 Å². The van der Waals surface area contributed by atoms with Crippen LogP contribution in [-0.4, -0.2) is 60.9 Å². The van der Waals surface area contributed by atoms with Gasteiger partial charge in [-0.2, -0.15) is 0 Å². The fourth-order valence-electron chi connectivity index (χ4n) is 5.36. The molecule has 1 aromatic rings. The van der Waals surface area contributed by atoms with Crippen molar-refractivity contribution in [1.29, 1.82) is 0 Å². The second-order valence-corrected chi connectivity index (χ2v) is 8.96. The third-order valence-corrected chi connectivity index (χ3v) is 7.19. The van der Waals surface area contributed by atoms with Crippen molar-refractivity contribution in [2.75, 3.05) is 33.3 Å². The van der Waals surface area contributed by atoms with E-state index in [1.165, 1.54) is 0 Å². The SMILES string of the molecule is CCN(CC)CCN1C(=O)C2=C(C(=O)C3CC(C)CCC3O2)C1c1ccccc1OC. The molecule has 4 unspecified atom stereocenters. The predicted octanol–water partition coefficient (Wildman–Crippen LogP) is 3.58. The molecule has 0 N–H and O–H groups in total. The van der Waals surface area contributed by atoms with Crippen LogP contribution >= 0.6 is 0 Å². The van der Waals surface area contributed by atoms with E-state index in [9.17, 15) is 9.59 Å². The minimum Gasteiger partial charge on any atom is -0.496 e. The summed E-state index contributed by atoms with van der Waals surface area (Å²) in [6.07, 6.45) is 2.52. The number of hydrogen-bond donors (Lipinski definition) is 0. The number of fused-ring (bicyclic) bond motifs is 1. The highest BCUT2D eigenvalue weighted by atomic mass is 16.5. The number of Topliss-reactive ketones (excluding diaryl/α,β-unsaturated/α-hetero) is 1. The molecule has 1 fully saturated rings. The summed E-state index contributed by atoms with van der Waals surface area (Å²) in [4.78, 5) is 31.4. The van der Waals surface area contributed by atoms with Gasteiger partial charge in [0, 0.05) is 18.7 Å². The lowest BCUT2D eigenvalue weighted by atomic mass is 9.74. The molecule has 1 aromatic carbocycles. The zero-order valence-electron chi connectivity index (χ0n) is 19.1. The van der Waals surface area contributed by atoms with Gasteiger partial charge in [0.25, 0.3) is 5.91 Å². The van der Waals surface area contributed by atoms with Crippen molar-refractivity contribution in [2.45, 2.75) is 52.2 Å². The van der Waals surface area contributed by atoms with Gasteiger partial charge in [0.2, 0.25) is 0 Å². The molecule has 1 aliphatic carbocycles. The number of ketones is 1. The monoisotopic (exact) mass is 426 g/mol. The van der Waals surface area contributed by atoms with E-state index in [1.54, 1.807) is 7.11 Å². The fourth-order valence-corrected chi connectivity index (χ4v) is 5.36. The van der Waals surface area contributed by atoms with Crippen LogP contribution in [0.15, 0.2) is 35.6 Å². The van der Waals surface area contributed by atoms with Crippen LogP contribution in [0.4, 0.5) is 0 Å². The average molecular weight is 427 g/mol. The molecule has 168 valence electrons. The molecule has 31 heavy (non-hydrogen) atoms. The molecule has 4 rings (SSSR count). The van der Waals surface area contributed by atoms with Crippen molar-refractivity contribution in [1.82, 2.24) is 9.80 Å². The van der Waals surface area contributed by atoms with Crippen molar-refractivity contribution >= 4 is 11.7 Å². The maximum atomic E-state index is 13.7. The molecule has 6 heteroatoms. The second kappa shape index (κ2) is 9.03. The number of para-hydroxylation sites is 1. The van der Waals surface area contributed by atoms with Crippen molar-refractivity contribution in [3.8, 4) is 5.75 Å². The van der Waals surface area contributed by atoms with Crippen molar-refractivity contribution in [3.63, 3.8) is 0 Å². The van der Waals surface area contributed by atoms with Crippen LogP contribution in [0.3, 0.4) is 0 Å². The maximum Gasteiger partial charge on any atom is 0.290 e. The first-order valence-electron chi connectivity index (χ1n) is 11.6. The highest BCUT2D eigenvalue weighted by molar-refractivity contribution is 6.11. The molecule has 0 saturated heterocycles. The largest absolute Gasteiger partial charge is 0.496 e. The number of likely N-dealkylation sites (N-methyl/N-ethyl adjacent to an activating group) is 1. The topological polar surface area (TPSA) is 59.1 Å². The smallest absolute Gasteiger partial charge is 0.290 e. The molecule has 0 bridgehead atoms. The van der Waals surface area contributed by atoms with E-state index < -0.39 is 6.04 Å². The summed E-state index contributed by atoms with van der Waals surface area (Å²) in [6.45, 7) is 9.57. The number of carbonyl (C=O) groups is 2. The Morgan fingerprint density at radius 3 is 2.61 bits per heavy atom. The number of rotatable bonds is 7. The molecular formula is C25H34N2O4. The predicted molar refractivity (Wildman–Crippen MR) is 119 cm³/mol. The average Bonchev–Trinajstić information content (AvgIpc) is 3.07. The van der Waals surface area contributed by atoms with Gasteiger partial charge < -0.3 is 19.3 Å². The Labute approximate surface area is 185 Å². The van der Waals surface area contributed by atoms with Gasteiger partial charge >= 0.3 is 0 Å². The lowest BCUT2D eigenvalue weighted by Crippen LogP contribution is -2.41. The van der Waals surface area contributed by atoms with Crippen LogP contribution in [0.2, 0.25) is 0 Å². The Bertz CT molecular complexity index is 876. The van der Waals surface area contributed by atoms with Gasteiger partial charge in [-0.1, -0.05) is 39.0 Å². The number of benzene rings is 1. The zero-order valence-corrected chi connectivity index (χ0v) is 19.1. The van der Waals surface area contributed by atoms with Crippen LogP contribution in [-0.2, 0) is 14.3 Å². The van der Waals surface area contributed by atoms with Crippen LogP contribution in [0.25, 0.3) is 0 Å². The number of hydrogen-bond acceptors (Lipinski definition) is 5. The summed E-state index contributed by atoms with van der Waals surface area (Å²) in [5.74, 6) is 1.23. The Morgan fingerprint density at radius 1 is 1.16 bits per heavy atom. The van der Waals surface area contributed by atoms with Crippen LogP contribution < -0.4 is 4.74 Å². The fraction of sp³-hybridized carbons (Fsp3) is 0.600. The molecule has 3 aliphatic rings. The number of methoxy groups -OCH3 is 1. The molecule has 2 aliphatic heterocycles. The van der Waals surface area contributed by atoms with E-state index in [2.05, 4.69) is 25.7 Å². The summed E-state index contributed by atoms with van der Waals surface area (Å²) in [5, 5.41) is 0. The van der Waals surface area contributed by atoms with Gasteiger partial charge in [0.05, 0.1) is 24.6 Å². The number of amides is 1. The number of nitrogens with zero attached hydrogens (tertiary/aromatic N) is 2. The standard InChI is InChI=1S/C25H34N2O4/c1-5-26(6-2)13-14-27-22(17-9-7-8-10-19(17)30-4)21-23(28)18-15-16(3)11-12-20(18)31-24(21)25(27)29/h7-10,16,18,20,22H,5-6,11-15H2,1-4H3. The highest BCUT2D eigenvalue weighted by Gasteiger charge is 2.52. The Balaban J connectivity index is 1.75. The van der Waals surface area contributed by atoms with E-state index in [4.69, 9.17) is 9.47 Å². The second-order valence-electron chi connectivity index (χ2n) is 8.96. The molecular weight excluding hydrogens is 392 g/mol. The lowest BCUT2D eigenvalue weighted by molar-refractivity contribution is -0.136. The first-order chi connectivity index (χ1) is 15.0. The third-order valence-electron chi connectivity index (χ3n) is 7.19. The first kappa shape index (κ1) is 21.9. The minimum atomic E-state index is -0.458. The summed E-state index contributed by atoms with van der Waals surface area (Å²) in [7, 11) is 1.63.